The Morgan fingerprint density at radius 1 is 1.38 bits per heavy atom. The van der Waals surface area contributed by atoms with Gasteiger partial charge in [0.25, 0.3) is 0 Å². The molecular formula is C17H20N2OS. The molecule has 0 N–H and O–H groups in total. The predicted octanol–water partition coefficient (Wildman–Crippen LogP) is 3.49. The van der Waals surface area contributed by atoms with E-state index in [1.807, 2.05) is 24.0 Å². The Hall–Kier alpha value is -1.68. The summed E-state index contributed by atoms with van der Waals surface area (Å²) in [5, 5.41) is 3.12. The highest BCUT2D eigenvalue weighted by Crippen LogP contribution is 2.29. The van der Waals surface area contributed by atoms with Crippen LogP contribution in [-0.4, -0.2) is 21.8 Å². The Morgan fingerprint density at radius 2 is 2.19 bits per heavy atom. The monoisotopic (exact) mass is 300 g/mol. The number of amides is 1. The molecule has 1 fully saturated rings. The number of carbonyl (C=O) groups excluding carboxylic acids is 1. The molecule has 0 aliphatic heterocycles. The molecule has 2 aromatic rings. The third kappa shape index (κ3) is 3.70. The zero-order chi connectivity index (χ0) is 14.8. The number of thiazole rings is 1. The average molecular weight is 300 g/mol. The van der Waals surface area contributed by atoms with Crippen LogP contribution in [0.15, 0.2) is 29.6 Å². The average Bonchev–Trinajstić information content (AvgIpc) is 3.19. The van der Waals surface area contributed by atoms with Gasteiger partial charge in [0.2, 0.25) is 5.91 Å². The van der Waals surface area contributed by atoms with Crippen molar-refractivity contribution >= 4 is 17.2 Å². The molecular weight excluding hydrogens is 280 g/mol. The van der Waals surface area contributed by atoms with Crippen LogP contribution in [-0.2, 0) is 17.8 Å². The molecule has 1 heterocycles. The SMILES string of the molecule is Cc1cccc(CC(=O)N(Cc2csc(C)n2)C2CC2)c1. The van der Waals surface area contributed by atoms with Gasteiger partial charge in [-0.15, -0.1) is 11.3 Å². The van der Waals surface area contributed by atoms with E-state index >= 15 is 0 Å². The van der Waals surface area contributed by atoms with E-state index in [-0.39, 0.29) is 5.91 Å². The summed E-state index contributed by atoms with van der Waals surface area (Å²) in [5.41, 5.74) is 3.32. The van der Waals surface area contributed by atoms with E-state index < -0.39 is 0 Å². The fraction of sp³-hybridized carbons (Fsp3) is 0.412. The summed E-state index contributed by atoms with van der Waals surface area (Å²) in [5.74, 6) is 0.216. The summed E-state index contributed by atoms with van der Waals surface area (Å²) < 4.78 is 0. The Bertz CT molecular complexity index is 646. The van der Waals surface area contributed by atoms with Gasteiger partial charge in [-0.25, -0.2) is 4.98 Å². The Morgan fingerprint density at radius 3 is 2.81 bits per heavy atom. The highest BCUT2D eigenvalue weighted by atomic mass is 32.1. The lowest BCUT2D eigenvalue weighted by Crippen LogP contribution is -2.33. The minimum Gasteiger partial charge on any atom is -0.333 e. The first-order chi connectivity index (χ1) is 10.1. The summed E-state index contributed by atoms with van der Waals surface area (Å²) in [6.07, 6.45) is 2.74. The molecule has 0 bridgehead atoms. The molecule has 1 aromatic heterocycles. The lowest BCUT2D eigenvalue weighted by atomic mass is 10.1. The molecule has 110 valence electrons. The lowest BCUT2D eigenvalue weighted by molar-refractivity contribution is -0.131. The molecule has 0 atom stereocenters. The van der Waals surface area contributed by atoms with Gasteiger partial charge in [0, 0.05) is 11.4 Å². The van der Waals surface area contributed by atoms with Crippen molar-refractivity contribution in [2.24, 2.45) is 0 Å². The lowest BCUT2D eigenvalue weighted by Gasteiger charge is -2.21. The number of benzene rings is 1. The van der Waals surface area contributed by atoms with Crippen molar-refractivity contribution in [3.63, 3.8) is 0 Å². The van der Waals surface area contributed by atoms with Gasteiger partial charge >= 0.3 is 0 Å². The number of aryl methyl sites for hydroxylation is 2. The molecule has 0 spiro atoms. The van der Waals surface area contributed by atoms with Gasteiger partial charge in [0.05, 0.1) is 23.7 Å². The molecule has 1 aromatic carbocycles. The first-order valence-corrected chi connectivity index (χ1v) is 8.26. The van der Waals surface area contributed by atoms with Crippen molar-refractivity contribution in [2.45, 2.75) is 45.7 Å². The summed E-state index contributed by atoms with van der Waals surface area (Å²) >= 11 is 1.65. The van der Waals surface area contributed by atoms with Crippen LogP contribution in [0.1, 0.15) is 34.7 Å². The van der Waals surface area contributed by atoms with Crippen molar-refractivity contribution in [2.75, 3.05) is 0 Å². The third-order valence-electron chi connectivity index (χ3n) is 3.74. The fourth-order valence-electron chi connectivity index (χ4n) is 2.56. The first kappa shape index (κ1) is 14.3. The second kappa shape index (κ2) is 5.98. The third-order valence-corrected chi connectivity index (χ3v) is 4.57. The Balaban J connectivity index is 1.70. The molecule has 1 aliphatic rings. The van der Waals surface area contributed by atoms with Crippen molar-refractivity contribution < 1.29 is 4.79 Å². The van der Waals surface area contributed by atoms with Crippen LogP contribution in [0.25, 0.3) is 0 Å². The van der Waals surface area contributed by atoms with E-state index in [2.05, 4.69) is 29.4 Å². The van der Waals surface area contributed by atoms with E-state index in [4.69, 9.17) is 0 Å². The van der Waals surface area contributed by atoms with Gasteiger partial charge in [0.1, 0.15) is 0 Å². The van der Waals surface area contributed by atoms with Crippen LogP contribution < -0.4 is 0 Å². The van der Waals surface area contributed by atoms with Gasteiger partial charge in [0.15, 0.2) is 0 Å². The first-order valence-electron chi connectivity index (χ1n) is 7.38. The van der Waals surface area contributed by atoms with E-state index in [9.17, 15) is 4.79 Å². The van der Waals surface area contributed by atoms with Crippen molar-refractivity contribution in [1.82, 2.24) is 9.88 Å². The number of rotatable bonds is 5. The van der Waals surface area contributed by atoms with Crippen molar-refractivity contribution in [3.8, 4) is 0 Å². The van der Waals surface area contributed by atoms with Crippen LogP contribution >= 0.6 is 11.3 Å². The van der Waals surface area contributed by atoms with Crippen LogP contribution in [0.3, 0.4) is 0 Å². The number of carbonyl (C=O) groups is 1. The molecule has 3 nitrogen and oxygen atoms in total. The van der Waals surface area contributed by atoms with Gasteiger partial charge in [-0.05, 0) is 32.3 Å². The Labute approximate surface area is 129 Å². The van der Waals surface area contributed by atoms with Gasteiger partial charge in [-0.3, -0.25) is 4.79 Å². The minimum atomic E-state index is 0.216. The molecule has 1 saturated carbocycles. The van der Waals surface area contributed by atoms with Gasteiger partial charge in [-0.2, -0.15) is 0 Å². The quantitative estimate of drug-likeness (QED) is 0.847. The molecule has 1 amide bonds. The molecule has 0 unspecified atom stereocenters. The maximum Gasteiger partial charge on any atom is 0.227 e. The predicted molar refractivity (Wildman–Crippen MR) is 85.3 cm³/mol. The molecule has 0 saturated heterocycles. The molecule has 3 rings (SSSR count). The van der Waals surface area contributed by atoms with E-state index in [1.165, 1.54) is 5.56 Å². The minimum absolute atomic E-state index is 0.216. The van der Waals surface area contributed by atoms with Crippen LogP contribution in [0.4, 0.5) is 0 Å². The molecule has 0 radical (unpaired) electrons. The van der Waals surface area contributed by atoms with Crippen LogP contribution in [0, 0.1) is 13.8 Å². The van der Waals surface area contributed by atoms with Crippen LogP contribution in [0.2, 0.25) is 0 Å². The molecule has 21 heavy (non-hydrogen) atoms. The summed E-state index contributed by atoms with van der Waals surface area (Å²) in [7, 11) is 0. The normalized spacial score (nSPS) is 14.2. The maximum atomic E-state index is 12.6. The maximum absolute atomic E-state index is 12.6. The van der Waals surface area contributed by atoms with Crippen molar-refractivity contribution in [1.29, 1.82) is 0 Å². The van der Waals surface area contributed by atoms with E-state index in [0.29, 0.717) is 19.0 Å². The fourth-order valence-corrected chi connectivity index (χ4v) is 3.16. The topological polar surface area (TPSA) is 33.2 Å². The zero-order valence-electron chi connectivity index (χ0n) is 12.5. The van der Waals surface area contributed by atoms with Gasteiger partial charge in [-0.1, -0.05) is 29.8 Å². The Kier molecular flexibility index (Phi) is 4.06. The largest absolute Gasteiger partial charge is 0.333 e. The summed E-state index contributed by atoms with van der Waals surface area (Å²) in [6.45, 7) is 4.72. The smallest absolute Gasteiger partial charge is 0.227 e. The number of hydrogen-bond donors (Lipinski definition) is 0. The standard InChI is InChI=1S/C17H20N2OS/c1-12-4-3-5-14(8-12)9-17(20)19(16-6-7-16)10-15-11-21-13(2)18-15/h3-5,8,11,16H,6-7,9-10H2,1-2H3. The molecule has 4 heteroatoms. The molecule has 1 aliphatic carbocycles. The van der Waals surface area contributed by atoms with Crippen LogP contribution in [0.5, 0.6) is 0 Å². The van der Waals surface area contributed by atoms with E-state index in [1.54, 1.807) is 11.3 Å². The number of aromatic nitrogens is 1. The second-order valence-electron chi connectivity index (χ2n) is 5.78. The summed E-state index contributed by atoms with van der Waals surface area (Å²) in [4.78, 5) is 19.1. The number of hydrogen-bond acceptors (Lipinski definition) is 3. The highest BCUT2D eigenvalue weighted by Gasteiger charge is 2.32. The zero-order valence-corrected chi connectivity index (χ0v) is 13.3. The second-order valence-corrected chi connectivity index (χ2v) is 6.84. The summed E-state index contributed by atoms with van der Waals surface area (Å²) in [6, 6.07) is 8.62. The van der Waals surface area contributed by atoms with Gasteiger partial charge < -0.3 is 4.90 Å². The van der Waals surface area contributed by atoms with E-state index in [0.717, 1.165) is 29.1 Å². The highest BCUT2D eigenvalue weighted by molar-refractivity contribution is 7.09. The van der Waals surface area contributed by atoms with Crippen molar-refractivity contribution in [3.05, 3.63) is 51.5 Å². The number of nitrogens with zero attached hydrogens (tertiary/aromatic N) is 2.